The molecular formula is C27H22N2O4. The van der Waals surface area contributed by atoms with Gasteiger partial charge in [0.1, 0.15) is 12.4 Å². The van der Waals surface area contributed by atoms with Crippen molar-refractivity contribution in [2.24, 2.45) is 0 Å². The first-order chi connectivity index (χ1) is 16.1. The lowest BCUT2D eigenvalue weighted by Crippen LogP contribution is -2.11. The molecule has 6 heteroatoms. The van der Waals surface area contributed by atoms with Crippen molar-refractivity contribution in [1.29, 1.82) is 0 Å². The second-order valence-electron chi connectivity index (χ2n) is 7.24. The van der Waals surface area contributed by atoms with Gasteiger partial charge in [-0.3, -0.25) is 9.78 Å². The summed E-state index contributed by atoms with van der Waals surface area (Å²) in [5, 5.41) is 3.83. The maximum atomic E-state index is 12.4. The normalized spacial score (nSPS) is 10.8. The number of rotatable bonds is 7. The molecule has 0 aliphatic heterocycles. The zero-order valence-corrected chi connectivity index (χ0v) is 18.0. The Labute approximate surface area is 191 Å². The number of amides is 1. The zero-order valence-electron chi connectivity index (χ0n) is 18.0. The second-order valence-corrected chi connectivity index (χ2v) is 7.24. The minimum atomic E-state index is -0.454. The Bertz CT molecular complexity index is 1290. The molecule has 3 aromatic carbocycles. The van der Waals surface area contributed by atoms with Crippen molar-refractivity contribution in [3.8, 4) is 5.75 Å². The average Bonchev–Trinajstić information content (AvgIpc) is 2.87. The molecular weight excluding hydrogens is 416 g/mol. The van der Waals surface area contributed by atoms with Crippen molar-refractivity contribution in [3.63, 3.8) is 0 Å². The number of aromatic nitrogens is 1. The lowest BCUT2D eigenvalue weighted by Gasteiger charge is -2.07. The number of nitrogens with one attached hydrogen (secondary N) is 1. The van der Waals surface area contributed by atoms with Crippen LogP contribution < -0.4 is 10.1 Å². The highest BCUT2D eigenvalue weighted by Gasteiger charge is 2.07. The number of hydrogen-bond donors (Lipinski definition) is 1. The molecule has 0 saturated carbocycles. The van der Waals surface area contributed by atoms with Crippen LogP contribution in [0.15, 0.2) is 91.1 Å². The minimum absolute atomic E-state index is 0.108. The van der Waals surface area contributed by atoms with E-state index in [-0.39, 0.29) is 12.5 Å². The molecule has 1 aromatic heterocycles. The van der Waals surface area contributed by atoms with Gasteiger partial charge in [0.05, 0.1) is 12.6 Å². The van der Waals surface area contributed by atoms with E-state index in [2.05, 4.69) is 10.3 Å². The molecule has 4 aromatic rings. The van der Waals surface area contributed by atoms with Crippen molar-refractivity contribution >= 4 is 34.5 Å². The summed E-state index contributed by atoms with van der Waals surface area (Å²) in [7, 11) is 1.59. The predicted octanol–water partition coefficient (Wildman–Crippen LogP) is 5.25. The maximum Gasteiger partial charge on any atom is 0.331 e. The van der Waals surface area contributed by atoms with Crippen LogP contribution in [0.3, 0.4) is 0 Å². The van der Waals surface area contributed by atoms with Gasteiger partial charge in [-0.1, -0.05) is 36.4 Å². The Balaban J connectivity index is 1.31. The number of esters is 1. The van der Waals surface area contributed by atoms with Crippen LogP contribution in [0.1, 0.15) is 21.5 Å². The number of carbonyl (C=O) groups is 2. The number of hydrogen-bond acceptors (Lipinski definition) is 5. The van der Waals surface area contributed by atoms with Crippen LogP contribution in [0.4, 0.5) is 5.69 Å². The quantitative estimate of drug-likeness (QED) is 0.315. The van der Waals surface area contributed by atoms with Gasteiger partial charge in [-0.2, -0.15) is 0 Å². The van der Waals surface area contributed by atoms with Crippen molar-refractivity contribution in [2.45, 2.75) is 6.61 Å². The summed E-state index contributed by atoms with van der Waals surface area (Å²) in [6, 6.07) is 23.6. The molecule has 0 saturated heterocycles. The molecule has 0 spiro atoms. The van der Waals surface area contributed by atoms with Crippen LogP contribution in [-0.4, -0.2) is 24.0 Å². The highest BCUT2D eigenvalue weighted by Crippen LogP contribution is 2.18. The maximum absolute atomic E-state index is 12.4. The first-order valence-electron chi connectivity index (χ1n) is 10.4. The number of pyridine rings is 1. The third-order valence-corrected chi connectivity index (χ3v) is 5.01. The smallest absolute Gasteiger partial charge is 0.331 e. The molecule has 164 valence electrons. The van der Waals surface area contributed by atoms with E-state index in [1.54, 1.807) is 67.9 Å². The Kier molecular flexibility index (Phi) is 6.75. The van der Waals surface area contributed by atoms with Crippen molar-refractivity contribution < 1.29 is 19.1 Å². The highest BCUT2D eigenvalue weighted by molar-refractivity contribution is 6.04. The first-order valence-corrected chi connectivity index (χ1v) is 10.4. The summed E-state index contributed by atoms with van der Waals surface area (Å²) >= 11 is 0. The molecule has 6 nitrogen and oxygen atoms in total. The summed E-state index contributed by atoms with van der Waals surface area (Å²) in [6.45, 7) is 0.108. The summed E-state index contributed by atoms with van der Waals surface area (Å²) in [5.74, 6) is 0.0372. The van der Waals surface area contributed by atoms with E-state index < -0.39 is 5.97 Å². The first kappa shape index (κ1) is 21.8. The van der Waals surface area contributed by atoms with E-state index in [9.17, 15) is 9.59 Å². The molecule has 1 N–H and O–H groups in total. The van der Waals surface area contributed by atoms with Crippen LogP contribution in [0, 0.1) is 0 Å². The van der Waals surface area contributed by atoms with Gasteiger partial charge in [-0.05, 0) is 54.1 Å². The molecule has 0 aliphatic carbocycles. The fourth-order valence-electron chi connectivity index (χ4n) is 3.25. The molecule has 0 atom stereocenters. The third-order valence-electron chi connectivity index (χ3n) is 5.01. The van der Waals surface area contributed by atoms with E-state index in [1.807, 2.05) is 30.3 Å². The lowest BCUT2D eigenvalue weighted by molar-refractivity contribution is -0.138. The van der Waals surface area contributed by atoms with Crippen LogP contribution in [0.5, 0.6) is 5.75 Å². The van der Waals surface area contributed by atoms with Gasteiger partial charge in [-0.15, -0.1) is 0 Å². The summed E-state index contributed by atoms with van der Waals surface area (Å²) < 4.78 is 10.4. The van der Waals surface area contributed by atoms with Gasteiger partial charge in [0.15, 0.2) is 0 Å². The van der Waals surface area contributed by atoms with Crippen molar-refractivity contribution in [2.75, 3.05) is 12.4 Å². The number of carbonyl (C=O) groups excluding carboxylic acids is 2. The van der Waals surface area contributed by atoms with Crippen LogP contribution >= 0.6 is 0 Å². The Morgan fingerprint density at radius 2 is 1.70 bits per heavy atom. The van der Waals surface area contributed by atoms with Gasteiger partial charge in [0, 0.05) is 34.5 Å². The fraction of sp³-hybridized carbons (Fsp3) is 0.0741. The zero-order chi connectivity index (χ0) is 23.0. The van der Waals surface area contributed by atoms with Crippen LogP contribution in [0.2, 0.25) is 0 Å². The second kappa shape index (κ2) is 10.2. The topological polar surface area (TPSA) is 77.5 Å². The Hall–Kier alpha value is -4.45. The van der Waals surface area contributed by atoms with Gasteiger partial charge in [0.25, 0.3) is 5.91 Å². The standard InChI is InChI=1S/C27H22N2O4/c1-32-24-14-12-23(13-15-24)29-27(31)22-9-7-19(8-10-22)18-33-25(30)16-11-21-5-2-4-20-6-3-17-28-26(20)21/h2-17H,18H2,1H3,(H,29,31). The minimum Gasteiger partial charge on any atom is -0.497 e. The molecule has 0 fully saturated rings. The molecule has 0 bridgehead atoms. The fourth-order valence-corrected chi connectivity index (χ4v) is 3.25. The van der Waals surface area contributed by atoms with Crippen LogP contribution in [-0.2, 0) is 16.1 Å². The van der Waals surface area contributed by atoms with Crippen molar-refractivity contribution in [3.05, 3.63) is 108 Å². The number of nitrogens with zero attached hydrogens (tertiary/aromatic N) is 1. The molecule has 0 unspecified atom stereocenters. The average molecular weight is 438 g/mol. The van der Waals surface area contributed by atoms with E-state index in [0.29, 0.717) is 11.3 Å². The monoisotopic (exact) mass is 438 g/mol. The van der Waals surface area contributed by atoms with Crippen molar-refractivity contribution in [1.82, 2.24) is 4.98 Å². The Morgan fingerprint density at radius 3 is 2.45 bits per heavy atom. The number of para-hydroxylation sites is 1. The highest BCUT2D eigenvalue weighted by atomic mass is 16.5. The predicted molar refractivity (Wildman–Crippen MR) is 128 cm³/mol. The Morgan fingerprint density at radius 1 is 0.939 bits per heavy atom. The number of benzene rings is 3. The van der Waals surface area contributed by atoms with Crippen LogP contribution in [0.25, 0.3) is 17.0 Å². The summed E-state index contributed by atoms with van der Waals surface area (Å²) in [5.41, 5.74) is 3.63. The molecule has 1 heterocycles. The molecule has 0 aliphatic rings. The van der Waals surface area contributed by atoms with E-state index in [1.165, 1.54) is 6.08 Å². The summed E-state index contributed by atoms with van der Waals surface area (Å²) in [6.07, 6.45) is 4.81. The van der Waals surface area contributed by atoms with E-state index in [0.717, 1.165) is 27.8 Å². The van der Waals surface area contributed by atoms with Gasteiger partial charge < -0.3 is 14.8 Å². The molecule has 0 radical (unpaired) electrons. The SMILES string of the molecule is COc1ccc(NC(=O)c2ccc(COC(=O)C=Cc3cccc4cccnc34)cc2)cc1. The third kappa shape index (κ3) is 5.62. The number of fused-ring (bicyclic) bond motifs is 1. The van der Waals surface area contributed by atoms with Gasteiger partial charge in [0.2, 0.25) is 0 Å². The lowest BCUT2D eigenvalue weighted by atomic mass is 10.1. The summed E-state index contributed by atoms with van der Waals surface area (Å²) in [4.78, 5) is 28.9. The van der Waals surface area contributed by atoms with E-state index in [4.69, 9.17) is 9.47 Å². The van der Waals surface area contributed by atoms with E-state index >= 15 is 0 Å². The molecule has 1 amide bonds. The largest absolute Gasteiger partial charge is 0.497 e. The van der Waals surface area contributed by atoms with Gasteiger partial charge >= 0.3 is 5.97 Å². The number of anilines is 1. The number of methoxy groups -OCH3 is 1. The molecule has 33 heavy (non-hydrogen) atoms. The molecule has 4 rings (SSSR count). The number of ether oxygens (including phenoxy) is 2. The van der Waals surface area contributed by atoms with Gasteiger partial charge in [-0.25, -0.2) is 4.79 Å².